The zero-order chi connectivity index (χ0) is 9.84. The largest absolute Gasteiger partial charge is 0.489 e. The molecule has 13 heavy (non-hydrogen) atoms. The van der Waals surface area contributed by atoms with Gasteiger partial charge in [-0.15, -0.1) is 0 Å². The molecular weight excluding hydrogens is 168 g/mol. The highest BCUT2D eigenvalue weighted by Crippen LogP contribution is 2.22. The Kier molecular flexibility index (Phi) is 2.90. The summed E-state index contributed by atoms with van der Waals surface area (Å²) in [4.78, 5) is 10.9. The van der Waals surface area contributed by atoms with E-state index >= 15 is 0 Å². The van der Waals surface area contributed by atoms with Crippen LogP contribution in [0.1, 0.15) is 6.92 Å². The van der Waals surface area contributed by atoms with Crippen molar-refractivity contribution in [2.75, 3.05) is 6.61 Å². The second kappa shape index (κ2) is 3.94. The molecule has 0 fully saturated rings. The molecule has 0 amide bonds. The summed E-state index contributed by atoms with van der Waals surface area (Å²) >= 11 is 0. The molecule has 0 radical (unpaired) electrons. The molecule has 0 bridgehead atoms. The molecule has 1 atom stereocenters. The van der Waals surface area contributed by atoms with Gasteiger partial charge in [-0.3, -0.25) is 0 Å². The predicted molar refractivity (Wildman–Crippen MR) is 48.9 cm³/mol. The number of esters is 1. The van der Waals surface area contributed by atoms with E-state index in [9.17, 15) is 4.79 Å². The lowest BCUT2D eigenvalue weighted by atomic mass is 10.2. The van der Waals surface area contributed by atoms with Gasteiger partial charge in [0.1, 0.15) is 12.4 Å². The lowest BCUT2D eigenvalue weighted by Gasteiger charge is -2.13. The van der Waals surface area contributed by atoms with Gasteiger partial charge in [-0.1, -0.05) is 19.2 Å². The standard InChI is InChI=1S/C10H12O3/c1-4-5-12-8-6-9(11)13-10(8)7(2)3/h4,6,10H,1-2,5H2,3H3/t10-/m0/s1. The molecule has 0 aromatic heterocycles. The van der Waals surface area contributed by atoms with Crippen LogP contribution < -0.4 is 0 Å². The van der Waals surface area contributed by atoms with Crippen molar-refractivity contribution in [2.24, 2.45) is 0 Å². The van der Waals surface area contributed by atoms with Gasteiger partial charge in [0.05, 0.1) is 6.08 Å². The molecule has 0 saturated carbocycles. The third-order valence-corrected chi connectivity index (χ3v) is 1.57. The molecule has 0 aliphatic carbocycles. The molecule has 1 aliphatic rings. The highest BCUT2D eigenvalue weighted by atomic mass is 16.6. The van der Waals surface area contributed by atoms with Crippen LogP contribution in [0.5, 0.6) is 0 Å². The molecule has 0 saturated heterocycles. The van der Waals surface area contributed by atoms with Crippen molar-refractivity contribution in [3.8, 4) is 0 Å². The smallest absolute Gasteiger partial charge is 0.335 e. The first-order valence-corrected chi connectivity index (χ1v) is 3.96. The van der Waals surface area contributed by atoms with Gasteiger partial charge in [0.25, 0.3) is 0 Å². The van der Waals surface area contributed by atoms with E-state index in [2.05, 4.69) is 13.2 Å². The molecular formula is C10H12O3. The van der Waals surface area contributed by atoms with E-state index in [1.165, 1.54) is 6.08 Å². The highest BCUT2D eigenvalue weighted by Gasteiger charge is 2.27. The molecule has 3 heteroatoms. The van der Waals surface area contributed by atoms with E-state index < -0.39 is 6.10 Å². The fraction of sp³-hybridized carbons (Fsp3) is 0.300. The van der Waals surface area contributed by atoms with Crippen molar-refractivity contribution in [1.82, 2.24) is 0 Å². The number of cyclic esters (lactones) is 1. The van der Waals surface area contributed by atoms with Crippen LogP contribution in [0.3, 0.4) is 0 Å². The monoisotopic (exact) mass is 180 g/mol. The Balaban J connectivity index is 2.67. The van der Waals surface area contributed by atoms with Gasteiger partial charge in [-0.25, -0.2) is 4.79 Å². The van der Waals surface area contributed by atoms with E-state index in [0.29, 0.717) is 12.4 Å². The Morgan fingerprint density at radius 2 is 2.54 bits per heavy atom. The first-order chi connectivity index (χ1) is 6.15. The van der Waals surface area contributed by atoms with Crippen molar-refractivity contribution in [3.63, 3.8) is 0 Å². The number of carbonyl (C=O) groups excluding carboxylic acids is 1. The zero-order valence-electron chi connectivity index (χ0n) is 7.58. The van der Waals surface area contributed by atoms with E-state index in [4.69, 9.17) is 9.47 Å². The summed E-state index contributed by atoms with van der Waals surface area (Å²) in [7, 11) is 0. The average Bonchev–Trinajstić information content (AvgIpc) is 2.43. The second-order valence-electron chi connectivity index (χ2n) is 2.81. The van der Waals surface area contributed by atoms with Crippen LogP contribution in [0.25, 0.3) is 0 Å². The quantitative estimate of drug-likeness (QED) is 0.486. The summed E-state index contributed by atoms with van der Waals surface area (Å²) in [5, 5.41) is 0. The van der Waals surface area contributed by atoms with Gasteiger partial charge < -0.3 is 9.47 Å². The molecule has 0 unspecified atom stereocenters. The minimum absolute atomic E-state index is 0.367. The van der Waals surface area contributed by atoms with Gasteiger partial charge in [0.15, 0.2) is 6.10 Å². The number of hydrogen-bond donors (Lipinski definition) is 0. The molecule has 1 heterocycles. The Labute approximate surface area is 77.3 Å². The molecule has 1 aliphatic heterocycles. The van der Waals surface area contributed by atoms with Crippen LogP contribution in [0, 0.1) is 0 Å². The van der Waals surface area contributed by atoms with E-state index in [1.807, 2.05) is 0 Å². The van der Waals surface area contributed by atoms with Crippen molar-refractivity contribution in [2.45, 2.75) is 13.0 Å². The van der Waals surface area contributed by atoms with Crippen molar-refractivity contribution in [3.05, 3.63) is 36.6 Å². The Hall–Kier alpha value is -1.51. The fourth-order valence-electron chi connectivity index (χ4n) is 1.02. The van der Waals surface area contributed by atoms with Crippen molar-refractivity contribution >= 4 is 5.97 Å². The topological polar surface area (TPSA) is 35.5 Å². The van der Waals surface area contributed by atoms with E-state index in [0.717, 1.165) is 5.57 Å². The maximum Gasteiger partial charge on any atom is 0.335 e. The maximum atomic E-state index is 10.9. The Morgan fingerprint density at radius 1 is 1.85 bits per heavy atom. The number of hydrogen-bond acceptors (Lipinski definition) is 3. The molecule has 0 spiro atoms. The van der Waals surface area contributed by atoms with Crippen LogP contribution in [0.15, 0.2) is 36.6 Å². The normalized spacial score (nSPS) is 20.5. The summed E-state index contributed by atoms with van der Waals surface area (Å²) < 4.78 is 10.2. The van der Waals surface area contributed by atoms with Crippen LogP contribution in [-0.2, 0) is 14.3 Å². The molecule has 1 rings (SSSR count). The summed E-state index contributed by atoms with van der Waals surface area (Å²) in [5.41, 5.74) is 0.751. The van der Waals surface area contributed by atoms with Crippen LogP contribution >= 0.6 is 0 Å². The number of rotatable bonds is 4. The maximum absolute atomic E-state index is 10.9. The second-order valence-corrected chi connectivity index (χ2v) is 2.81. The Bertz CT molecular complexity index is 276. The van der Waals surface area contributed by atoms with Crippen LogP contribution in [0.2, 0.25) is 0 Å². The minimum Gasteiger partial charge on any atom is -0.489 e. The third-order valence-electron chi connectivity index (χ3n) is 1.57. The highest BCUT2D eigenvalue weighted by molar-refractivity contribution is 5.85. The van der Waals surface area contributed by atoms with Gasteiger partial charge >= 0.3 is 5.97 Å². The third kappa shape index (κ3) is 2.21. The first kappa shape index (κ1) is 9.58. The van der Waals surface area contributed by atoms with E-state index in [1.54, 1.807) is 13.0 Å². The minimum atomic E-state index is -0.424. The van der Waals surface area contributed by atoms with Gasteiger partial charge in [-0.2, -0.15) is 0 Å². The molecule has 70 valence electrons. The molecule has 0 aromatic rings. The number of ether oxygens (including phenoxy) is 2. The average molecular weight is 180 g/mol. The molecule has 0 N–H and O–H groups in total. The zero-order valence-corrected chi connectivity index (χ0v) is 7.58. The predicted octanol–water partition coefficient (Wildman–Crippen LogP) is 1.57. The van der Waals surface area contributed by atoms with Crippen LogP contribution in [0.4, 0.5) is 0 Å². The van der Waals surface area contributed by atoms with Crippen molar-refractivity contribution in [1.29, 1.82) is 0 Å². The summed E-state index contributed by atoms with van der Waals surface area (Å²) in [5.74, 6) is 0.129. The molecule has 0 aromatic carbocycles. The first-order valence-electron chi connectivity index (χ1n) is 3.96. The lowest BCUT2D eigenvalue weighted by Crippen LogP contribution is -2.14. The fourth-order valence-corrected chi connectivity index (χ4v) is 1.02. The summed E-state index contributed by atoms with van der Waals surface area (Å²) in [6.07, 6.45) is 2.52. The SMILES string of the molecule is C=CCOC1=CC(=O)O[C@H]1C(=C)C. The summed E-state index contributed by atoms with van der Waals surface area (Å²) in [6.45, 7) is 9.37. The molecule has 3 nitrogen and oxygen atoms in total. The Morgan fingerprint density at radius 3 is 3.08 bits per heavy atom. The van der Waals surface area contributed by atoms with Gasteiger partial charge in [-0.05, 0) is 12.5 Å². The number of carbonyl (C=O) groups is 1. The van der Waals surface area contributed by atoms with Crippen LogP contribution in [-0.4, -0.2) is 18.7 Å². The van der Waals surface area contributed by atoms with Gasteiger partial charge in [0, 0.05) is 0 Å². The van der Waals surface area contributed by atoms with Crippen molar-refractivity contribution < 1.29 is 14.3 Å². The van der Waals surface area contributed by atoms with Gasteiger partial charge in [0.2, 0.25) is 0 Å². The van der Waals surface area contributed by atoms with E-state index in [-0.39, 0.29) is 5.97 Å². The lowest BCUT2D eigenvalue weighted by molar-refractivity contribution is -0.138. The summed E-state index contributed by atoms with van der Waals surface area (Å²) in [6, 6.07) is 0.